The fourth-order valence-corrected chi connectivity index (χ4v) is 2.40. The number of benzene rings is 1. The fourth-order valence-electron chi connectivity index (χ4n) is 2.40. The van der Waals surface area contributed by atoms with Crippen LogP contribution in [0.15, 0.2) is 48.8 Å². The molecule has 0 aliphatic rings. The van der Waals surface area contributed by atoms with Crippen LogP contribution >= 0.6 is 0 Å². The van der Waals surface area contributed by atoms with Crippen LogP contribution in [0.5, 0.6) is 5.75 Å². The number of alkyl halides is 2. The Labute approximate surface area is 134 Å². The quantitative estimate of drug-likeness (QED) is 0.810. The summed E-state index contributed by atoms with van der Waals surface area (Å²) in [6.45, 7) is 0.372. The van der Waals surface area contributed by atoms with Gasteiger partial charge in [-0.05, 0) is 36.2 Å². The summed E-state index contributed by atoms with van der Waals surface area (Å²) >= 11 is 0. The number of hydrogen-bond donors (Lipinski definition) is 1. The second-order valence-corrected chi connectivity index (χ2v) is 5.18. The van der Waals surface area contributed by atoms with E-state index in [-0.39, 0.29) is 18.4 Å². The summed E-state index contributed by atoms with van der Waals surface area (Å²) in [4.78, 5) is 6.19. The lowest BCUT2D eigenvalue weighted by Gasteiger charge is -2.29. The van der Waals surface area contributed by atoms with E-state index < -0.39 is 6.61 Å². The Morgan fingerprint density at radius 3 is 2.52 bits per heavy atom. The zero-order chi connectivity index (χ0) is 16.7. The number of nitrogens with zero attached hydrogens (tertiary/aromatic N) is 2. The molecule has 1 N–H and O–H groups in total. The SMILES string of the molecule is CC(c1ccc(OC(F)F)cc1)N(CCO)Cc1cccnc1. The molecular formula is C17H20F2N2O2. The Hall–Kier alpha value is -2.05. The number of aromatic nitrogens is 1. The van der Waals surface area contributed by atoms with E-state index in [1.54, 1.807) is 24.5 Å². The number of halogens is 2. The van der Waals surface area contributed by atoms with Crippen molar-refractivity contribution in [2.24, 2.45) is 0 Å². The van der Waals surface area contributed by atoms with Crippen LogP contribution in [0.3, 0.4) is 0 Å². The normalized spacial score (nSPS) is 12.6. The first-order valence-corrected chi connectivity index (χ1v) is 7.38. The molecule has 1 unspecified atom stereocenters. The van der Waals surface area contributed by atoms with Gasteiger partial charge >= 0.3 is 6.61 Å². The predicted octanol–water partition coefficient (Wildman–Crippen LogP) is 3.24. The molecule has 4 nitrogen and oxygen atoms in total. The van der Waals surface area contributed by atoms with E-state index in [0.29, 0.717) is 13.1 Å². The molecular weight excluding hydrogens is 302 g/mol. The highest BCUT2D eigenvalue weighted by Gasteiger charge is 2.16. The maximum absolute atomic E-state index is 12.2. The third-order valence-corrected chi connectivity index (χ3v) is 3.63. The summed E-state index contributed by atoms with van der Waals surface area (Å²) in [5.41, 5.74) is 2.01. The van der Waals surface area contributed by atoms with Gasteiger partial charge in [-0.3, -0.25) is 9.88 Å². The zero-order valence-electron chi connectivity index (χ0n) is 12.9. The Bertz CT molecular complexity index is 579. The van der Waals surface area contributed by atoms with E-state index in [2.05, 4.69) is 14.6 Å². The molecule has 1 heterocycles. The van der Waals surface area contributed by atoms with Gasteiger partial charge in [-0.1, -0.05) is 18.2 Å². The van der Waals surface area contributed by atoms with Gasteiger partial charge in [0.1, 0.15) is 5.75 Å². The van der Waals surface area contributed by atoms with E-state index in [1.807, 2.05) is 19.1 Å². The molecule has 0 spiro atoms. The first-order valence-electron chi connectivity index (χ1n) is 7.38. The average Bonchev–Trinajstić information content (AvgIpc) is 2.55. The molecule has 0 aliphatic heterocycles. The molecule has 0 bridgehead atoms. The summed E-state index contributed by atoms with van der Waals surface area (Å²) in [7, 11) is 0. The smallest absolute Gasteiger partial charge is 0.387 e. The van der Waals surface area contributed by atoms with Crippen LogP contribution in [0.1, 0.15) is 24.1 Å². The Morgan fingerprint density at radius 2 is 1.96 bits per heavy atom. The highest BCUT2D eigenvalue weighted by Crippen LogP contribution is 2.24. The van der Waals surface area contributed by atoms with Crippen molar-refractivity contribution in [3.8, 4) is 5.75 Å². The number of hydrogen-bond acceptors (Lipinski definition) is 4. The molecule has 2 rings (SSSR count). The van der Waals surface area contributed by atoms with Crippen molar-refractivity contribution in [1.29, 1.82) is 0 Å². The number of aliphatic hydroxyl groups is 1. The topological polar surface area (TPSA) is 45.6 Å². The van der Waals surface area contributed by atoms with Crippen LogP contribution in [0.25, 0.3) is 0 Å². The van der Waals surface area contributed by atoms with Gasteiger partial charge in [0.25, 0.3) is 0 Å². The van der Waals surface area contributed by atoms with Crippen LogP contribution in [-0.4, -0.2) is 34.8 Å². The van der Waals surface area contributed by atoms with Crippen LogP contribution in [0, 0.1) is 0 Å². The molecule has 0 saturated heterocycles. The minimum absolute atomic E-state index is 0.0166. The molecule has 1 atom stereocenters. The lowest BCUT2D eigenvalue weighted by molar-refractivity contribution is -0.0498. The Morgan fingerprint density at radius 1 is 1.22 bits per heavy atom. The van der Waals surface area contributed by atoms with Gasteiger partial charge in [0, 0.05) is 31.5 Å². The van der Waals surface area contributed by atoms with Crippen molar-refractivity contribution in [1.82, 2.24) is 9.88 Å². The summed E-state index contributed by atoms with van der Waals surface area (Å²) in [5, 5.41) is 9.29. The van der Waals surface area contributed by atoms with Gasteiger partial charge in [0.15, 0.2) is 0 Å². The summed E-state index contributed by atoms with van der Waals surface area (Å²) in [5.74, 6) is 0.136. The monoisotopic (exact) mass is 322 g/mol. The van der Waals surface area contributed by atoms with Gasteiger partial charge in [-0.2, -0.15) is 8.78 Å². The molecule has 124 valence electrons. The summed E-state index contributed by atoms with van der Waals surface area (Å²) in [6.07, 6.45) is 3.50. The maximum Gasteiger partial charge on any atom is 0.387 e. The highest BCUT2D eigenvalue weighted by atomic mass is 19.3. The van der Waals surface area contributed by atoms with Crippen molar-refractivity contribution in [3.63, 3.8) is 0 Å². The number of pyridine rings is 1. The van der Waals surface area contributed by atoms with Crippen LogP contribution < -0.4 is 4.74 Å². The van der Waals surface area contributed by atoms with Crippen molar-refractivity contribution in [3.05, 3.63) is 59.9 Å². The second-order valence-electron chi connectivity index (χ2n) is 5.18. The summed E-state index contributed by atoms with van der Waals surface area (Å²) < 4.78 is 28.7. The summed E-state index contributed by atoms with van der Waals surface area (Å²) in [6, 6.07) is 10.4. The van der Waals surface area contributed by atoms with Crippen LogP contribution in [-0.2, 0) is 6.54 Å². The lowest BCUT2D eigenvalue weighted by Crippen LogP contribution is -2.29. The molecule has 1 aromatic carbocycles. The van der Waals surface area contributed by atoms with E-state index >= 15 is 0 Å². The molecule has 0 saturated carbocycles. The predicted molar refractivity (Wildman–Crippen MR) is 83.2 cm³/mol. The van der Waals surface area contributed by atoms with E-state index in [1.165, 1.54) is 12.1 Å². The van der Waals surface area contributed by atoms with Gasteiger partial charge < -0.3 is 9.84 Å². The maximum atomic E-state index is 12.2. The van der Waals surface area contributed by atoms with E-state index in [4.69, 9.17) is 0 Å². The zero-order valence-corrected chi connectivity index (χ0v) is 12.9. The van der Waals surface area contributed by atoms with Crippen molar-refractivity contribution in [2.75, 3.05) is 13.2 Å². The van der Waals surface area contributed by atoms with E-state index in [0.717, 1.165) is 11.1 Å². The molecule has 2 aromatic rings. The van der Waals surface area contributed by atoms with Gasteiger partial charge in [-0.15, -0.1) is 0 Å². The largest absolute Gasteiger partial charge is 0.435 e. The second kappa shape index (κ2) is 8.55. The van der Waals surface area contributed by atoms with Crippen LogP contribution in [0.4, 0.5) is 8.78 Å². The van der Waals surface area contributed by atoms with Crippen molar-refractivity contribution in [2.45, 2.75) is 26.1 Å². The third-order valence-electron chi connectivity index (χ3n) is 3.63. The minimum Gasteiger partial charge on any atom is -0.435 e. The van der Waals surface area contributed by atoms with Gasteiger partial charge in [-0.25, -0.2) is 0 Å². The average molecular weight is 322 g/mol. The first-order chi connectivity index (χ1) is 11.1. The standard InChI is InChI=1S/C17H20F2N2O2/c1-13(15-4-6-16(7-5-15)23-17(18)19)21(9-10-22)12-14-3-2-8-20-11-14/h2-8,11,13,17,22H,9-10,12H2,1H3. The molecule has 0 radical (unpaired) electrons. The molecule has 1 aromatic heterocycles. The Kier molecular flexibility index (Phi) is 6.43. The van der Waals surface area contributed by atoms with Gasteiger partial charge in [0.2, 0.25) is 0 Å². The molecule has 6 heteroatoms. The third kappa shape index (κ3) is 5.26. The lowest BCUT2D eigenvalue weighted by atomic mass is 10.1. The highest BCUT2D eigenvalue weighted by molar-refractivity contribution is 5.29. The van der Waals surface area contributed by atoms with Gasteiger partial charge in [0.05, 0.1) is 6.61 Å². The number of aliphatic hydroxyl groups excluding tert-OH is 1. The number of ether oxygens (including phenoxy) is 1. The fraction of sp³-hybridized carbons (Fsp3) is 0.353. The molecule has 0 fully saturated rings. The molecule has 0 aliphatic carbocycles. The van der Waals surface area contributed by atoms with Crippen molar-refractivity contribution < 1.29 is 18.6 Å². The van der Waals surface area contributed by atoms with E-state index in [9.17, 15) is 13.9 Å². The van der Waals surface area contributed by atoms with Crippen molar-refractivity contribution >= 4 is 0 Å². The van der Waals surface area contributed by atoms with Crippen LogP contribution in [0.2, 0.25) is 0 Å². The molecule has 23 heavy (non-hydrogen) atoms. The molecule has 0 amide bonds. The number of rotatable bonds is 8. The minimum atomic E-state index is -2.82. The first kappa shape index (κ1) is 17.3. The Balaban J connectivity index is 2.09.